The summed E-state index contributed by atoms with van der Waals surface area (Å²) in [5.74, 6) is 0.481. The molecule has 0 fully saturated rings. The third kappa shape index (κ3) is 2.64. The quantitative estimate of drug-likeness (QED) is 0.848. The molecule has 0 saturated heterocycles. The van der Waals surface area contributed by atoms with Gasteiger partial charge in [0, 0.05) is 11.9 Å². The number of fused-ring (bicyclic) bond motifs is 1. The lowest BCUT2D eigenvalue weighted by atomic mass is 10.1. The number of aromatic amines is 1. The highest BCUT2D eigenvalue weighted by Crippen LogP contribution is 2.14. The van der Waals surface area contributed by atoms with Crippen molar-refractivity contribution in [1.82, 2.24) is 15.5 Å². The van der Waals surface area contributed by atoms with Gasteiger partial charge in [-0.3, -0.25) is 9.89 Å². The topological polar surface area (TPSA) is 57.8 Å². The lowest BCUT2D eigenvalue weighted by Crippen LogP contribution is -2.25. The summed E-state index contributed by atoms with van der Waals surface area (Å²) in [6, 6.07) is 7.63. The van der Waals surface area contributed by atoms with Gasteiger partial charge < -0.3 is 5.32 Å². The molecule has 1 aromatic heterocycles. The maximum Gasteiger partial charge on any atom is 0.272 e. The summed E-state index contributed by atoms with van der Waals surface area (Å²) >= 11 is 0. The van der Waals surface area contributed by atoms with Crippen LogP contribution >= 0.6 is 0 Å². The van der Waals surface area contributed by atoms with Gasteiger partial charge in [-0.15, -0.1) is 0 Å². The van der Waals surface area contributed by atoms with E-state index in [1.807, 2.05) is 24.3 Å². The molecule has 0 atom stereocenters. The Kier molecular flexibility index (Phi) is 3.42. The van der Waals surface area contributed by atoms with Crippen LogP contribution in [0.5, 0.6) is 0 Å². The molecule has 2 rings (SSSR count). The molecule has 17 heavy (non-hydrogen) atoms. The summed E-state index contributed by atoms with van der Waals surface area (Å²) in [6.45, 7) is 4.96. The van der Waals surface area contributed by atoms with E-state index in [1.54, 1.807) is 0 Å². The van der Waals surface area contributed by atoms with Crippen LogP contribution in [0.4, 0.5) is 0 Å². The number of rotatable bonds is 4. The lowest BCUT2D eigenvalue weighted by molar-refractivity contribution is 0.0948. The fraction of sp³-hybridized carbons (Fsp3) is 0.385. The van der Waals surface area contributed by atoms with Crippen LogP contribution in [0.3, 0.4) is 0 Å². The van der Waals surface area contributed by atoms with Gasteiger partial charge in [0.2, 0.25) is 0 Å². The Morgan fingerprint density at radius 3 is 2.94 bits per heavy atom. The minimum atomic E-state index is -0.108. The van der Waals surface area contributed by atoms with Crippen LogP contribution < -0.4 is 5.32 Å². The smallest absolute Gasteiger partial charge is 0.272 e. The molecular formula is C13H17N3O. The van der Waals surface area contributed by atoms with Crippen molar-refractivity contribution < 1.29 is 4.79 Å². The number of hydrogen-bond donors (Lipinski definition) is 2. The van der Waals surface area contributed by atoms with E-state index in [9.17, 15) is 4.79 Å². The number of nitrogens with zero attached hydrogens (tertiary/aromatic N) is 1. The number of carbonyl (C=O) groups is 1. The second-order valence-corrected chi connectivity index (χ2v) is 4.56. The van der Waals surface area contributed by atoms with Crippen molar-refractivity contribution in [3.8, 4) is 0 Å². The zero-order valence-electron chi connectivity index (χ0n) is 10.2. The van der Waals surface area contributed by atoms with Gasteiger partial charge in [-0.25, -0.2) is 0 Å². The van der Waals surface area contributed by atoms with E-state index in [-0.39, 0.29) is 5.91 Å². The molecule has 2 aromatic rings. The first-order valence-corrected chi connectivity index (χ1v) is 5.90. The number of carbonyl (C=O) groups excluding carboxylic acids is 1. The molecule has 1 heterocycles. The second kappa shape index (κ2) is 4.99. The van der Waals surface area contributed by atoms with Gasteiger partial charge >= 0.3 is 0 Å². The fourth-order valence-electron chi connectivity index (χ4n) is 1.69. The average molecular weight is 231 g/mol. The van der Waals surface area contributed by atoms with Gasteiger partial charge in [-0.1, -0.05) is 32.0 Å². The Balaban J connectivity index is 2.09. The van der Waals surface area contributed by atoms with Crippen molar-refractivity contribution in [1.29, 1.82) is 0 Å². The molecule has 4 nitrogen and oxygen atoms in total. The summed E-state index contributed by atoms with van der Waals surface area (Å²) in [7, 11) is 0. The maximum absolute atomic E-state index is 11.9. The molecule has 0 aliphatic heterocycles. The highest BCUT2D eigenvalue weighted by Gasteiger charge is 2.12. The van der Waals surface area contributed by atoms with E-state index < -0.39 is 0 Å². The number of H-pyrrole nitrogens is 1. The van der Waals surface area contributed by atoms with Gasteiger partial charge in [0.25, 0.3) is 5.91 Å². The number of amides is 1. The molecule has 90 valence electrons. The SMILES string of the molecule is CC(C)CCNC(=O)c1n[nH]c2ccccc12. The summed E-state index contributed by atoms with van der Waals surface area (Å²) in [5.41, 5.74) is 1.37. The van der Waals surface area contributed by atoms with Crippen molar-refractivity contribution in [3.05, 3.63) is 30.0 Å². The number of nitrogens with one attached hydrogen (secondary N) is 2. The number of para-hydroxylation sites is 1. The molecule has 0 bridgehead atoms. The van der Waals surface area contributed by atoms with Gasteiger partial charge in [0.1, 0.15) is 0 Å². The van der Waals surface area contributed by atoms with Crippen LogP contribution in [-0.4, -0.2) is 22.6 Å². The predicted molar refractivity (Wildman–Crippen MR) is 67.9 cm³/mol. The zero-order chi connectivity index (χ0) is 12.3. The number of benzene rings is 1. The molecule has 1 aromatic carbocycles. The van der Waals surface area contributed by atoms with Crippen LogP contribution in [0, 0.1) is 5.92 Å². The normalized spacial score (nSPS) is 11.0. The molecule has 2 N–H and O–H groups in total. The monoisotopic (exact) mass is 231 g/mol. The fourth-order valence-corrected chi connectivity index (χ4v) is 1.69. The van der Waals surface area contributed by atoms with Crippen LogP contribution in [-0.2, 0) is 0 Å². The molecular weight excluding hydrogens is 214 g/mol. The van der Waals surface area contributed by atoms with Crippen molar-refractivity contribution >= 4 is 16.8 Å². The van der Waals surface area contributed by atoms with Gasteiger partial charge in [0.15, 0.2) is 5.69 Å². The van der Waals surface area contributed by atoms with Gasteiger partial charge in [0.05, 0.1) is 5.52 Å². The summed E-state index contributed by atoms with van der Waals surface area (Å²) < 4.78 is 0. The Labute approximate surface area is 100 Å². The Hall–Kier alpha value is -1.84. The minimum Gasteiger partial charge on any atom is -0.351 e. The highest BCUT2D eigenvalue weighted by molar-refractivity contribution is 6.04. The number of hydrogen-bond acceptors (Lipinski definition) is 2. The molecule has 0 saturated carbocycles. The number of aromatic nitrogens is 2. The standard InChI is InChI=1S/C13H17N3O/c1-9(2)7-8-14-13(17)12-10-5-3-4-6-11(10)15-16-12/h3-6,9H,7-8H2,1-2H3,(H,14,17)(H,15,16). The zero-order valence-corrected chi connectivity index (χ0v) is 10.2. The minimum absolute atomic E-state index is 0.108. The third-order valence-corrected chi connectivity index (χ3v) is 2.69. The highest BCUT2D eigenvalue weighted by atomic mass is 16.1. The maximum atomic E-state index is 11.9. The molecule has 0 radical (unpaired) electrons. The van der Waals surface area contributed by atoms with E-state index >= 15 is 0 Å². The predicted octanol–water partition coefficient (Wildman–Crippen LogP) is 2.34. The first kappa shape index (κ1) is 11.6. The molecule has 0 unspecified atom stereocenters. The van der Waals surface area contributed by atoms with Crippen LogP contribution in [0.2, 0.25) is 0 Å². The van der Waals surface area contributed by atoms with Crippen molar-refractivity contribution in [3.63, 3.8) is 0 Å². The molecule has 1 amide bonds. The lowest BCUT2D eigenvalue weighted by Gasteiger charge is -2.05. The molecule has 0 aliphatic rings. The van der Waals surface area contributed by atoms with E-state index in [0.29, 0.717) is 18.2 Å². The van der Waals surface area contributed by atoms with Crippen LogP contribution in [0.25, 0.3) is 10.9 Å². The Morgan fingerprint density at radius 2 is 2.18 bits per heavy atom. The Morgan fingerprint density at radius 1 is 1.41 bits per heavy atom. The van der Waals surface area contributed by atoms with E-state index in [0.717, 1.165) is 17.3 Å². The molecule has 0 spiro atoms. The van der Waals surface area contributed by atoms with Crippen LogP contribution in [0.15, 0.2) is 24.3 Å². The summed E-state index contributed by atoms with van der Waals surface area (Å²) in [6.07, 6.45) is 0.980. The van der Waals surface area contributed by atoms with E-state index in [2.05, 4.69) is 29.4 Å². The van der Waals surface area contributed by atoms with Crippen molar-refractivity contribution in [2.75, 3.05) is 6.54 Å². The summed E-state index contributed by atoms with van der Waals surface area (Å²) in [5, 5.41) is 10.7. The van der Waals surface area contributed by atoms with Crippen molar-refractivity contribution in [2.24, 2.45) is 5.92 Å². The van der Waals surface area contributed by atoms with Crippen LogP contribution in [0.1, 0.15) is 30.8 Å². The second-order valence-electron chi connectivity index (χ2n) is 4.56. The first-order chi connectivity index (χ1) is 8.18. The first-order valence-electron chi connectivity index (χ1n) is 5.90. The molecule has 0 aliphatic carbocycles. The Bertz CT molecular complexity index is 516. The molecule has 4 heteroatoms. The largest absolute Gasteiger partial charge is 0.351 e. The van der Waals surface area contributed by atoms with Crippen molar-refractivity contribution in [2.45, 2.75) is 20.3 Å². The third-order valence-electron chi connectivity index (χ3n) is 2.69. The average Bonchev–Trinajstić information content (AvgIpc) is 2.72. The van der Waals surface area contributed by atoms with E-state index in [1.165, 1.54) is 0 Å². The van der Waals surface area contributed by atoms with Gasteiger partial charge in [-0.05, 0) is 18.4 Å². The summed E-state index contributed by atoms with van der Waals surface area (Å²) in [4.78, 5) is 11.9. The van der Waals surface area contributed by atoms with Gasteiger partial charge in [-0.2, -0.15) is 5.10 Å². The van der Waals surface area contributed by atoms with E-state index in [4.69, 9.17) is 0 Å².